The van der Waals surface area contributed by atoms with E-state index in [2.05, 4.69) is 0 Å². The lowest BCUT2D eigenvalue weighted by Gasteiger charge is -2.17. The minimum Gasteiger partial charge on any atom is -0.504 e. The van der Waals surface area contributed by atoms with Crippen LogP contribution in [0.3, 0.4) is 0 Å². The van der Waals surface area contributed by atoms with Crippen LogP contribution in [0.25, 0.3) is 0 Å². The first-order valence-corrected chi connectivity index (χ1v) is 45.5. The lowest BCUT2D eigenvalue weighted by molar-refractivity contribution is -0.156. The molecule has 0 bridgehead atoms. The summed E-state index contributed by atoms with van der Waals surface area (Å²) in [6.45, 7) is 14.7. The van der Waals surface area contributed by atoms with Gasteiger partial charge in [0.2, 0.25) is 0 Å². The number of unbranched alkanes of at least 4 members (excludes halogenated alkanes) is 1. The number of phenolic OH excluding ortho intramolecular Hbond substituents is 8. The fourth-order valence-electron chi connectivity index (χ4n) is 14.9. The lowest BCUT2D eigenvalue weighted by atomic mass is 10.1. The summed E-state index contributed by atoms with van der Waals surface area (Å²) in [5.41, 5.74) is 12.2. The number of aliphatic hydroxyl groups excluding tert-OH is 1. The monoisotopic (exact) mass is 1940 g/mol. The first-order chi connectivity index (χ1) is 66.3. The number of ether oxygens (including phenoxy) is 18. The minimum atomic E-state index is -1.14. The Kier molecular flexibility index (Phi) is 45.8. The molecule has 0 radical (unpaired) electrons. The zero-order valence-electron chi connectivity index (χ0n) is 81.9. The fraction of sp³-hybridized carbons (Fsp3) is 0.462. The van der Waals surface area contributed by atoms with E-state index in [4.69, 9.17) is 85.3 Å². The molecule has 0 spiro atoms. The molecule has 2 aliphatic rings. The summed E-state index contributed by atoms with van der Waals surface area (Å²) in [4.78, 5) is 96.8. The molecule has 0 saturated carbocycles. The predicted molar refractivity (Wildman–Crippen MR) is 507 cm³/mol. The lowest BCUT2D eigenvalue weighted by Crippen LogP contribution is -2.36. The number of esters is 8. The van der Waals surface area contributed by atoms with E-state index in [1.165, 1.54) is 56.9 Å². The van der Waals surface area contributed by atoms with Crippen molar-refractivity contribution in [2.24, 2.45) is 0 Å². The predicted octanol–water partition coefficient (Wildman–Crippen LogP) is 13.6. The van der Waals surface area contributed by atoms with Crippen molar-refractivity contribution in [3.8, 4) is 92.0 Å². The molecule has 2 heterocycles. The quantitative estimate of drug-likeness (QED) is 0.00971. The molecule has 35 heteroatoms. The Hall–Kier alpha value is -13.8. The molecule has 758 valence electrons. The Morgan fingerprint density at radius 2 is 0.424 bits per heavy atom. The molecule has 139 heavy (non-hydrogen) atoms. The maximum Gasteiger partial charge on any atom is 0.306 e. The van der Waals surface area contributed by atoms with E-state index in [0.717, 1.165) is 44.5 Å². The second-order valence-electron chi connectivity index (χ2n) is 33.3. The second kappa shape index (κ2) is 56.8. The number of aryl methyl sites for hydroxylation is 16. The Morgan fingerprint density at radius 3 is 0.604 bits per heavy atom. The van der Waals surface area contributed by atoms with Crippen molar-refractivity contribution in [1.29, 1.82) is 0 Å². The van der Waals surface area contributed by atoms with Crippen LogP contribution in [-0.2, 0) is 137 Å². The van der Waals surface area contributed by atoms with Gasteiger partial charge in [-0.15, -0.1) is 0 Å². The molecule has 4 atom stereocenters. The average molecular weight is 1940 g/mol. The molecule has 10 rings (SSSR count). The molecule has 8 aromatic rings. The van der Waals surface area contributed by atoms with Crippen LogP contribution in [0.2, 0.25) is 0 Å². The smallest absolute Gasteiger partial charge is 0.306 e. The highest BCUT2D eigenvalue weighted by atomic mass is 16.7. The van der Waals surface area contributed by atoms with Crippen molar-refractivity contribution in [1.82, 2.24) is 0 Å². The SMILES string of the molecule is COc1cc(CCC(=O)OCC(O)COC(=O)CCc2cc(C)c(O)c(OC)c2)cc(C)c1O.COc1cc(CCC(=O)OCCCCOC(=O)CCc2cc(C)c(O)c(OC)c2)cc(C)c1O.COc1cc(CCC(=O)OCCCOC(=O)CCc2cc(C)c(O)c(OC)c2)cc(C)c1O.COc1cc(CCC(=O)O[C@H]2CO[C@H]3[C@@H]2OC[C@H]3OC(=O)CCc2cc(C)c(O)c(OC)c2)cc(C)c1O. The first-order valence-electron chi connectivity index (χ1n) is 45.5. The van der Waals surface area contributed by atoms with Crippen molar-refractivity contribution in [2.45, 2.75) is 208 Å². The second-order valence-corrected chi connectivity index (χ2v) is 33.3. The molecule has 0 unspecified atom stereocenters. The number of aromatic hydroxyl groups is 8. The van der Waals surface area contributed by atoms with Gasteiger partial charge in [-0.2, -0.15) is 0 Å². The van der Waals surface area contributed by atoms with E-state index in [1.54, 1.807) is 140 Å². The molecule has 2 aliphatic heterocycles. The summed E-state index contributed by atoms with van der Waals surface area (Å²) in [5.74, 6) is 0.474. The van der Waals surface area contributed by atoms with Crippen molar-refractivity contribution >= 4 is 47.8 Å². The summed E-state index contributed by atoms with van der Waals surface area (Å²) in [7, 11) is 11.8. The molecule has 0 aromatic heterocycles. The topological polar surface area (TPSA) is 485 Å². The molecule has 8 aromatic carbocycles. The third kappa shape index (κ3) is 35.9. The number of methoxy groups -OCH3 is 8. The number of benzene rings is 8. The third-order valence-corrected chi connectivity index (χ3v) is 22.6. The van der Waals surface area contributed by atoms with Crippen LogP contribution < -0.4 is 37.9 Å². The number of carbonyl (C=O) groups is 8. The van der Waals surface area contributed by atoms with Gasteiger partial charge in [-0.25, -0.2) is 0 Å². The van der Waals surface area contributed by atoms with Crippen molar-refractivity contribution in [2.75, 3.05) is 110 Å². The number of hydrogen-bond acceptors (Lipinski definition) is 35. The summed E-state index contributed by atoms with van der Waals surface area (Å²) in [6, 6.07) is 27.9. The van der Waals surface area contributed by atoms with Gasteiger partial charge in [-0.3, -0.25) is 38.4 Å². The van der Waals surface area contributed by atoms with Gasteiger partial charge in [-0.1, -0.05) is 48.5 Å². The van der Waals surface area contributed by atoms with Gasteiger partial charge in [-0.05, 0) is 257 Å². The maximum atomic E-state index is 12.5. The molecule has 0 amide bonds. The molecular formula is C104H132O35. The largest absolute Gasteiger partial charge is 0.504 e. The van der Waals surface area contributed by atoms with Gasteiger partial charge in [0.05, 0.1) is 96.5 Å². The minimum absolute atomic E-state index is 0.0596. The summed E-state index contributed by atoms with van der Waals surface area (Å²) in [5, 5.41) is 89.2. The van der Waals surface area contributed by atoms with Gasteiger partial charge in [0.1, 0.15) is 31.5 Å². The summed E-state index contributed by atoms with van der Waals surface area (Å²) < 4.78 is 94.8. The Labute approximate surface area is 809 Å². The van der Waals surface area contributed by atoms with Gasteiger partial charge in [0.25, 0.3) is 0 Å². The number of carbonyl (C=O) groups excluding carboxylic acids is 8. The van der Waals surface area contributed by atoms with Crippen LogP contribution in [0.15, 0.2) is 97.1 Å². The maximum absolute atomic E-state index is 12.5. The van der Waals surface area contributed by atoms with E-state index >= 15 is 0 Å². The normalized spacial score (nSPS) is 13.8. The first kappa shape index (κ1) is 112. The van der Waals surface area contributed by atoms with Crippen LogP contribution >= 0.6 is 0 Å². The van der Waals surface area contributed by atoms with Crippen molar-refractivity contribution < 1.29 is 170 Å². The van der Waals surface area contributed by atoms with Crippen molar-refractivity contribution in [3.63, 3.8) is 0 Å². The Balaban J connectivity index is 0.000000253. The van der Waals surface area contributed by atoms with Gasteiger partial charge < -0.3 is 131 Å². The van der Waals surface area contributed by atoms with Gasteiger partial charge in [0.15, 0.2) is 104 Å². The van der Waals surface area contributed by atoms with E-state index in [1.807, 2.05) is 12.1 Å². The van der Waals surface area contributed by atoms with Crippen LogP contribution in [0.5, 0.6) is 92.0 Å². The number of aliphatic hydroxyl groups is 1. The highest BCUT2D eigenvalue weighted by molar-refractivity contribution is 5.74. The van der Waals surface area contributed by atoms with Crippen molar-refractivity contribution in [3.05, 3.63) is 186 Å². The fourth-order valence-corrected chi connectivity index (χ4v) is 14.9. The number of phenols is 8. The van der Waals surface area contributed by atoms with E-state index in [0.29, 0.717) is 161 Å². The third-order valence-electron chi connectivity index (χ3n) is 22.6. The summed E-state index contributed by atoms with van der Waals surface area (Å²) in [6.07, 6.45) is 3.08. The Bertz CT molecular complexity index is 5120. The zero-order valence-corrected chi connectivity index (χ0v) is 81.9. The van der Waals surface area contributed by atoms with E-state index < -0.39 is 54.4 Å². The molecule has 2 fully saturated rings. The molecular weight excluding hydrogens is 1810 g/mol. The van der Waals surface area contributed by atoms with Crippen LogP contribution in [0.1, 0.15) is 160 Å². The summed E-state index contributed by atoms with van der Waals surface area (Å²) >= 11 is 0. The highest BCUT2D eigenvalue weighted by Crippen LogP contribution is 2.40. The van der Waals surface area contributed by atoms with E-state index in [-0.39, 0.29) is 174 Å². The molecule has 9 N–H and O–H groups in total. The van der Waals surface area contributed by atoms with Crippen LogP contribution in [0.4, 0.5) is 0 Å². The van der Waals surface area contributed by atoms with Gasteiger partial charge >= 0.3 is 47.8 Å². The molecule has 0 aliphatic carbocycles. The standard InChI is InChI=1S/C28H34O10.C26H34O8.C25H32O9.C25H32O8/c1-15-9-17(11-19(33-3)25(15)31)5-7-23(29)37-21-13-35-28-22(14-36-27(21)28)38-24(30)8-6-18-10-16(2)26(32)20(12-18)34-4;1-17-13-19(15-21(31-3)25(17)29)7-9-23(27)33-11-5-6-12-34-24(28)10-8-20-14-18(2)26(30)22(16-20)32-4;1-15-9-17(11-20(31-3)24(15)29)5-7-22(27)33-13-19(26)14-34-23(28)8-6-18-10-16(2)25(30)21(12-18)32-4;1-16-12-18(14-20(30-3)24(16)28)6-8-22(26)32-10-5-11-33-23(27)9-7-19-13-17(2)25(29)21(15-19)31-4/h9-12,21-22,27-28,31-32H,5-8,13-14H2,1-4H3;13-16,29-30H,5-12H2,1-4H3;9-12,19,26,29-30H,5-8,13-14H2,1-4H3;12-15,28-29H,5-11H2,1-4H3/t21-,22+,27-,28-;;;/m1.../s1. The van der Waals surface area contributed by atoms with Gasteiger partial charge in [0, 0.05) is 57.8 Å². The Morgan fingerprint density at radius 1 is 0.259 bits per heavy atom. The number of rotatable bonds is 47. The zero-order chi connectivity index (χ0) is 102. The van der Waals surface area contributed by atoms with Crippen LogP contribution in [0, 0.1) is 55.4 Å². The van der Waals surface area contributed by atoms with E-state index in [9.17, 15) is 84.3 Å². The van der Waals surface area contributed by atoms with Crippen LogP contribution in [-0.4, -0.2) is 234 Å². The number of hydrogen-bond donors (Lipinski definition) is 9. The number of fused-ring (bicyclic) bond motifs is 1. The average Bonchev–Trinajstić information content (AvgIpc) is 1.64. The molecule has 2 saturated heterocycles. The molecule has 35 nitrogen and oxygen atoms in total. The highest BCUT2D eigenvalue weighted by Gasteiger charge is 2.51.